The van der Waals surface area contributed by atoms with Crippen LogP contribution in [0.2, 0.25) is 0 Å². The molecule has 0 aromatic heterocycles. The van der Waals surface area contributed by atoms with E-state index in [1.54, 1.807) is 19.1 Å². The van der Waals surface area contributed by atoms with Gasteiger partial charge in [0.1, 0.15) is 5.75 Å². The molecule has 0 bridgehead atoms. The molecule has 0 fully saturated rings. The highest BCUT2D eigenvalue weighted by molar-refractivity contribution is 5.69. The maximum Gasteiger partial charge on any atom is 0.405 e. The number of carboxylic acid groups (broad SMARTS) is 1. The largest absolute Gasteiger partial charge is 0.493 e. The Hall–Kier alpha value is -2.76. The van der Waals surface area contributed by atoms with Crippen LogP contribution in [-0.2, 0) is 0 Å². The molecular weight excluding hydrogens is 337 g/mol. The summed E-state index contributed by atoms with van der Waals surface area (Å²) in [6, 6.07) is 9.93. The Balaban J connectivity index is 1.96. The van der Waals surface area contributed by atoms with Gasteiger partial charge < -0.3 is 19.9 Å². The van der Waals surface area contributed by atoms with Crippen molar-refractivity contribution in [2.75, 3.05) is 13.2 Å². The molecule has 5 nitrogen and oxygen atoms in total. The summed E-state index contributed by atoms with van der Waals surface area (Å²) in [5.41, 5.74) is 1.89. The van der Waals surface area contributed by atoms with Gasteiger partial charge in [0, 0.05) is 11.0 Å². The SMILES string of the molecule is CCOc1ccc(-c2ccc3c(c2)OCC(C)(C)C3NC(=O)O)cc1F. The number of halogens is 1. The molecule has 1 unspecified atom stereocenters. The Kier molecular flexibility index (Phi) is 4.76. The van der Waals surface area contributed by atoms with Crippen LogP contribution in [0.4, 0.5) is 9.18 Å². The smallest absolute Gasteiger partial charge is 0.405 e. The van der Waals surface area contributed by atoms with Gasteiger partial charge in [-0.25, -0.2) is 9.18 Å². The molecule has 138 valence electrons. The normalized spacial score (nSPS) is 17.8. The highest BCUT2D eigenvalue weighted by atomic mass is 19.1. The fourth-order valence-electron chi connectivity index (χ4n) is 3.20. The van der Waals surface area contributed by atoms with Crippen molar-refractivity contribution in [2.45, 2.75) is 26.8 Å². The molecule has 1 heterocycles. The fourth-order valence-corrected chi connectivity index (χ4v) is 3.20. The zero-order valence-corrected chi connectivity index (χ0v) is 15.0. The highest BCUT2D eigenvalue weighted by Crippen LogP contribution is 2.44. The minimum atomic E-state index is -1.08. The first-order valence-corrected chi connectivity index (χ1v) is 8.51. The molecule has 0 spiro atoms. The fraction of sp³-hybridized carbons (Fsp3) is 0.350. The monoisotopic (exact) mass is 359 g/mol. The number of ether oxygens (including phenoxy) is 2. The Morgan fingerprint density at radius 2 is 2.00 bits per heavy atom. The molecule has 0 aliphatic carbocycles. The average Bonchev–Trinajstić information content (AvgIpc) is 2.59. The van der Waals surface area contributed by atoms with Gasteiger partial charge in [-0.15, -0.1) is 0 Å². The average molecular weight is 359 g/mol. The zero-order valence-electron chi connectivity index (χ0n) is 15.0. The lowest BCUT2D eigenvalue weighted by atomic mass is 9.78. The first-order chi connectivity index (χ1) is 12.3. The molecule has 3 rings (SSSR count). The number of carbonyl (C=O) groups is 1. The second-order valence-electron chi connectivity index (χ2n) is 6.99. The Morgan fingerprint density at radius 3 is 2.65 bits per heavy atom. The summed E-state index contributed by atoms with van der Waals surface area (Å²) < 4.78 is 25.2. The molecule has 2 aromatic carbocycles. The quantitative estimate of drug-likeness (QED) is 0.836. The third-order valence-corrected chi connectivity index (χ3v) is 4.54. The van der Waals surface area contributed by atoms with Crippen LogP contribution in [0.5, 0.6) is 11.5 Å². The van der Waals surface area contributed by atoms with Crippen molar-refractivity contribution < 1.29 is 23.8 Å². The van der Waals surface area contributed by atoms with Gasteiger partial charge in [0.25, 0.3) is 0 Å². The van der Waals surface area contributed by atoms with Crippen molar-refractivity contribution in [3.8, 4) is 22.6 Å². The lowest BCUT2D eigenvalue weighted by molar-refractivity contribution is 0.0996. The number of rotatable bonds is 4. The van der Waals surface area contributed by atoms with Gasteiger partial charge in [0.2, 0.25) is 0 Å². The lowest BCUT2D eigenvalue weighted by Crippen LogP contribution is -2.43. The van der Waals surface area contributed by atoms with Gasteiger partial charge in [-0.2, -0.15) is 0 Å². The highest BCUT2D eigenvalue weighted by Gasteiger charge is 2.38. The Bertz CT molecular complexity index is 835. The molecule has 2 N–H and O–H groups in total. The minimum Gasteiger partial charge on any atom is -0.493 e. The van der Waals surface area contributed by atoms with E-state index >= 15 is 0 Å². The van der Waals surface area contributed by atoms with Gasteiger partial charge in [-0.05, 0) is 36.2 Å². The van der Waals surface area contributed by atoms with Crippen LogP contribution < -0.4 is 14.8 Å². The molecule has 1 atom stereocenters. The first-order valence-electron chi connectivity index (χ1n) is 8.51. The second-order valence-corrected chi connectivity index (χ2v) is 6.99. The van der Waals surface area contributed by atoms with Crippen LogP contribution in [0.1, 0.15) is 32.4 Å². The van der Waals surface area contributed by atoms with Crippen LogP contribution >= 0.6 is 0 Å². The van der Waals surface area contributed by atoms with Crippen LogP contribution in [0.25, 0.3) is 11.1 Å². The molecule has 2 aromatic rings. The predicted octanol–water partition coefficient (Wildman–Crippen LogP) is 4.62. The number of hydrogen-bond donors (Lipinski definition) is 2. The summed E-state index contributed by atoms with van der Waals surface area (Å²) in [4.78, 5) is 11.2. The van der Waals surface area contributed by atoms with E-state index in [0.717, 1.165) is 11.1 Å². The van der Waals surface area contributed by atoms with Crippen molar-refractivity contribution in [3.05, 3.63) is 47.8 Å². The number of fused-ring (bicyclic) bond motifs is 1. The third kappa shape index (κ3) is 3.45. The molecule has 0 saturated heterocycles. The summed E-state index contributed by atoms with van der Waals surface area (Å²) in [6.07, 6.45) is -1.08. The van der Waals surface area contributed by atoms with Gasteiger partial charge in [-0.1, -0.05) is 32.0 Å². The van der Waals surface area contributed by atoms with Crippen molar-refractivity contribution in [1.82, 2.24) is 5.32 Å². The molecule has 1 aliphatic rings. The summed E-state index contributed by atoms with van der Waals surface area (Å²) in [5, 5.41) is 11.7. The second kappa shape index (κ2) is 6.86. The molecular formula is C20H22FNO4. The van der Waals surface area contributed by atoms with Crippen molar-refractivity contribution in [3.63, 3.8) is 0 Å². The van der Waals surface area contributed by atoms with E-state index in [4.69, 9.17) is 14.6 Å². The molecule has 1 aliphatic heterocycles. The van der Waals surface area contributed by atoms with Crippen molar-refractivity contribution in [2.24, 2.45) is 5.41 Å². The maximum absolute atomic E-state index is 14.1. The van der Waals surface area contributed by atoms with E-state index in [0.29, 0.717) is 24.5 Å². The summed E-state index contributed by atoms with van der Waals surface area (Å²) in [5.74, 6) is 0.405. The van der Waals surface area contributed by atoms with Crippen LogP contribution in [0.3, 0.4) is 0 Å². The summed E-state index contributed by atoms with van der Waals surface area (Å²) in [6.45, 7) is 6.48. The Labute approximate surface area is 151 Å². The van der Waals surface area contributed by atoms with Gasteiger partial charge in [0.15, 0.2) is 11.6 Å². The predicted molar refractivity (Wildman–Crippen MR) is 96.2 cm³/mol. The van der Waals surface area contributed by atoms with E-state index < -0.39 is 11.9 Å². The van der Waals surface area contributed by atoms with E-state index in [9.17, 15) is 9.18 Å². The van der Waals surface area contributed by atoms with Crippen molar-refractivity contribution in [1.29, 1.82) is 0 Å². The molecule has 0 saturated carbocycles. The Morgan fingerprint density at radius 1 is 1.31 bits per heavy atom. The van der Waals surface area contributed by atoms with Gasteiger partial charge in [-0.3, -0.25) is 0 Å². The summed E-state index contributed by atoms with van der Waals surface area (Å²) in [7, 11) is 0. The standard InChI is InChI=1S/C20H22FNO4/c1-4-25-16-8-6-12(9-15(16)21)13-5-7-14-17(10-13)26-11-20(2,3)18(14)22-19(23)24/h5-10,18,22H,4,11H2,1-3H3,(H,23,24). The zero-order chi connectivity index (χ0) is 18.9. The molecule has 26 heavy (non-hydrogen) atoms. The lowest BCUT2D eigenvalue weighted by Gasteiger charge is -2.39. The van der Waals surface area contributed by atoms with Crippen LogP contribution in [-0.4, -0.2) is 24.4 Å². The van der Waals surface area contributed by atoms with E-state index in [1.165, 1.54) is 6.07 Å². The van der Waals surface area contributed by atoms with E-state index in [2.05, 4.69) is 5.32 Å². The van der Waals surface area contributed by atoms with Gasteiger partial charge >= 0.3 is 6.09 Å². The minimum absolute atomic E-state index is 0.220. The van der Waals surface area contributed by atoms with Gasteiger partial charge in [0.05, 0.1) is 19.3 Å². The topological polar surface area (TPSA) is 67.8 Å². The first kappa shape index (κ1) is 18.0. The number of amides is 1. The molecule has 6 heteroatoms. The molecule has 1 amide bonds. The number of hydrogen-bond acceptors (Lipinski definition) is 3. The van der Waals surface area contributed by atoms with Crippen LogP contribution in [0, 0.1) is 11.2 Å². The van der Waals surface area contributed by atoms with Crippen LogP contribution in [0.15, 0.2) is 36.4 Å². The van der Waals surface area contributed by atoms with E-state index in [1.807, 2.05) is 32.0 Å². The maximum atomic E-state index is 14.1. The summed E-state index contributed by atoms with van der Waals surface area (Å²) >= 11 is 0. The van der Waals surface area contributed by atoms with E-state index in [-0.39, 0.29) is 17.2 Å². The van der Waals surface area contributed by atoms with Crippen molar-refractivity contribution >= 4 is 6.09 Å². The molecule has 0 radical (unpaired) electrons. The number of benzene rings is 2. The third-order valence-electron chi connectivity index (χ3n) is 4.54. The number of nitrogens with one attached hydrogen (secondary N) is 1.